The molecule has 54 valence electrons. The summed E-state index contributed by atoms with van der Waals surface area (Å²) in [5, 5.41) is 6.56. The first-order valence-corrected chi connectivity index (χ1v) is 3.79. The topological polar surface area (TPSA) is 24.1 Å². The second kappa shape index (κ2) is 2.46. The third kappa shape index (κ3) is 0.948. The van der Waals surface area contributed by atoms with E-state index in [1.54, 1.807) is 0 Å². The van der Waals surface area contributed by atoms with E-state index in [0.29, 0.717) is 0 Å². The van der Waals surface area contributed by atoms with E-state index in [1.165, 1.54) is 17.6 Å². The molecule has 0 amide bonds. The fourth-order valence-electron chi connectivity index (χ4n) is 1.45. The Morgan fingerprint density at radius 3 is 3.20 bits per heavy atom. The van der Waals surface area contributed by atoms with Gasteiger partial charge < -0.3 is 10.6 Å². The molecule has 0 aliphatic carbocycles. The van der Waals surface area contributed by atoms with Gasteiger partial charge in [-0.2, -0.15) is 0 Å². The van der Waals surface area contributed by atoms with Crippen LogP contribution < -0.4 is 10.6 Å². The highest BCUT2D eigenvalue weighted by atomic mass is 14.9. The minimum absolute atomic E-state index is 1.00. The van der Waals surface area contributed by atoms with Crippen molar-refractivity contribution in [2.45, 2.75) is 6.42 Å². The van der Waals surface area contributed by atoms with E-state index in [0.717, 1.165) is 19.6 Å². The van der Waals surface area contributed by atoms with Gasteiger partial charge in [-0.25, -0.2) is 0 Å². The maximum Gasteiger partial charge on any atom is 0.0331 e. The van der Waals surface area contributed by atoms with Gasteiger partial charge in [0.25, 0.3) is 0 Å². The summed E-state index contributed by atoms with van der Waals surface area (Å²) in [4.78, 5) is 0. The standard InChI is InChI=1S/C8H12N2/c1-3-9-6-8-2-4-10-5-7(1)8/h1,6,9-10H,2-5H2. The molecule has 0 bridgehead atoms. The maximum atomic E-state index is 3.35. The lowest BCUT2D eigenvalue weighted by Crippen LogP contribution is -2.29. The Kier molecular flexibility index (Phi) is 1.47. The second-order valence-electron chi connectivity index (χ2n) is 2.73. The zero-order valence-corrected chi connectivity index (χ0v) is 5.98. The van der Waals surface area contributed by atoms with Gasteiger partial charge >= 0.3 is 0 Å². The number of piperidine rings is 1. The molecule has 0 unspecified atom stereocenters. The SMILES string of the molecule is C1=C2CCNCC2=CCN1. The minimum atomic E-state index is 1.00. The van der Waals surface area contributed by atoms with Crippen LogP contribution in [0, 0.1) is 0 Å². The third-order valence-electron chi connectivity index (χ3n) is 2.04. The molecule has 0 spiro atoms. The Hall–Kier alpha value is -0.760. The molecular weight excluding hydrogens is 124 g/mol. The van der Waals surface area contributed by atoms with E-state index in [4.69, 9.17) is 0 Å². The van der Waals surface area contributed by atoms with Crippen molar-refractivity contribution in [1.82, 2.24) is 10.6 Å². The van der Waals surface area contributed by atoms with E-state index in [9.17, 15) is 0 Å². The van der Waals surface area contributed by atoms with Crippen molar-refractivity contribution in [3.8, 4) is 0 Å². The molecule has 2 N–H and O–H groups in total. The fourth-order valence-corrected chi connectivity index (χ4v) is 1.45. The van der Waals surface area contributed by atoms with Crippen molar-refractivity contribution in [3.63, 3.8) is 0 Å². The average Bonchev–Trinajstić information content (AvgIpc) is 2.05. The number of rotatable bonds is 0. The Bertz CT molecular complexity index is 169. The summed E-state index contributed by atoms with van der Waals surface area (Å²) in [5.74, 6) is 0. The highest BCUT2D eigenvalue weighted by Gasteiger charge is 2.11. The molecule has 0 aromatic heterocycles. The van der Waals surface area contributed by atoms with Crippen LogP contribution in [0.1, 0.15) is 6.42 Å². The van der Waals surface area contributed by atoms with Crippen LogP contribution in [0.25, 0.3) is 0 Å². The Morgan fingerprint density at radius 2 is 2.30 bits per heavy atom. The molecule has 2 rings (SSSR count). The van der Waals surface area contributed by atoms with Crippen LogP contribution >= 0.6 is 0 Å². The van der Waals surface area contributed by atoms with Crippen LogP contribution in [0.15, 0.2) is 23.4 Å². The maximum absolute atomic E-state index is 3.35. The number of nitrogens with one attached hydrogen (secondary N) is 2. The van der Waals surface area contributed by atoms with Gasteiger partial charge in [0.2, 0.25) is 0 Å². The molecule has 10 heavy (non-hydrogen) atoms. The van der Waals surface area contributed by atoms with Crippen molar-refractivity contribution < 1.29 is 0 Å². The Balaban J connectivity index is 2.19. The highest BCUT2D eigenvalue weighted by molar-refractivity contribution is 5.36. The molecule has 0 aromatic rings. The zero-order chi connectivity index (χ0) is 6.81. The molecule has 2 nitrogen and oxygen atoms in total. The van der Waals surface area contributed by atoms with Gasteiger partial charge in [-0.15, -0.1) is 0 Å². The number of hydrogen-bond donors (Lipinski definition) is 2. The summed E-state index contributed by atoms with van der Waals surface area (Å²) >= 11 is 0. The van der Waals surface area contributed by atoms with Gasteiger partial charge in [0.1, 0.15) is 0 Å². The number of hydrogen-bond acceptors (Lipinski definition) is 2. The lowest BCUT2D eigenvalue weighted by Gasteiger charge is -2.22. The van der Waals surface area contributed by atoms with Crippen molar-refractivity contribution in [3.05, 3.63) is 23.4 Å². The molecule has 2 aliphatic rings. The van der Waals surface area contributed by atoms with Crippen molar-refractivity contribution in [2.24, 2.45) is 0 Å². The Labute approximate surface area is 61.0 Å². The summed E-state index contributed by atoms with van der Waals surface area (Å²) in [7, 11) is 0. The van der Waals surface area contributed by atoms with Gasteiger partial charge in [-0.3, -0.25) is 0 Å². The highest BCUT2D eigenvalue weighted by Crippen LogP contribution is 2.17. The van der Waals surface area contributed by atoms with Crippen LogP contribution in [0.2, 0.25) is 0 Å². The summed E-state index contributed by atoms with van der Waals surface area (Å²) in [6, 6.07) is 0. The molecule has 2 heterocycles. The molecule has 1 saturated heterocycles. The first kappa shape index (κ1) is 5.98. The van der Waals surface area contributed by atoms with Gasteiger partial charge in [-0.1, -0.05) is 6.08 Å². The van der Waals surface area contributed by atoms with Crippen molar-refractivity contribution in [2.75, 3.05) is 19.6 Å². The summed E-state index contributed by atoms with van der Waals surface area (Å²) in [6.07, 6.45) is 5.59. The molecule has 1 fully saturated rings. The zero-order valence-electron chi connectivity index (χ0n) is 5.98. The van der Waals surface area contributed by atoms with Gasteiger partial charge in [0.05, 0.1) is 0 Å². The minimum Gasteiger partial charge on any atom is -0.387 e. The molecule has 2 aliphatic heterocycles. The first-order chi connectivity index (χ1) is 4.97. The van der Waals surface area contributed by atoms with Crippen LogP contribution in [0.5, 0.6) is 0 Å². The van der Waals surface area contributed by atoms with E-state index in [-0.39, 0.29) is 0 Å². The van der Waals surface area contributed by atoms with Gasteiger partial charge in [0.15, 0.2) is 0 Å². The van der Waals surface area contributed by atoms with E-state index < -0.39 is 0 Å². The monoisotopic (exact) mass is 136 g/mol. The molecule has 0 radical (unpaired) electrons. The van der Waals surface area contributed by atoms with Crippen LogP contribution in [-0.4, -0.2) is 19.6 Å². The van der Waals surface area contributed by atoms with Crippen LogP contribution in [0.3, 0.4) is 0 Å². The van der Waals surface area contributed by atoms with E-state index in [1.807, 2.05) is 0 Å². The molecule has 2 heteroatoms. The smallest absolute Gasteiger partial charge is 0.0331 e. The lowest BCUT2D eigenvalue weighted by molar-refractivity contribution is 0.667. The predicted molar refractivity (Wildman–Crippen MR) is 41.7 cm³/mol. The van der Waals surface area contributed by atoms with Crippen LogP contribution in [0.4, 0.5) is 0 Å². The fraction of sp³-hybridized carbons (Fsp3) is 0.500. The average molecular weight is 136 g/mol. The lowest BCUT2D eigenvalue weighted by atomic mass is 9.98. The molecule has 0 aromatic carbocycles. The summed E-state index contributed by atoms with van der Waals surface area (Å²) < 4.78 is 0. The number of dihydropyridines is 1. The van der Waals surface area contributed by atoms with Gasteiger partial charge in [0, 0.05) is 19.3 Å². The summed E-state index contributed by atoms with van der Waals surface area (Å²) in [6.45, 7) is 3.19. The van der Waals surface area contributed by atoms with Gasteiger partial charge in [-0.05, 0) is 24.1 Å². The largest absolute Gasteiger partial charge is 0.387 e. The normalized spacial score (nSPS) is 24.0. The van der Waals surface area contributed by atoms with E-state index >= 15 is 0 Å². The predicted octanol–water partition coefficient (Wildman–Crippen LogP) is 0.393. The van der Waals surface area contributed by atoms with Crippen molar-refractivity contribution in [1.29, 1.82) is 0 Å². The molecular formula is C8H12N2. The van der Waals surface area contributed by atoms with E-state index in [2.05, 4.69) is 22.9 Å². The quantitative estimate of drug-likeness (QED) is 0.503. The summed E-state index contributed by atoms with van der Waals surface area (Å²) in [5.41, 5.74) is 2.98. The Morgan fingerprint density at radius 1 is 1.30 bits per heavy atom. The molecule has 0 atom stereocenters. The number of fused-ring (bicyclic) bond motifs is 1. The first-order valence-electron chi connectivity index (χ1n) is 3.79. The van der Waals surface area contributed by atoms with Crippen molar-refractivity contribution >= 4 is 0 Å². The third-order valence-corrected chi connectivity index (χ3v) is 2.04. The molecule has 0 saturated carbocycles. The van der Waals surface area contributed by atoms with Crippen LogP contribution in [-0.2, 0) is 0 Å². The second-order valence-corrected chi connectivity index (χ2v) is 2.73.